The van der Waals surface area contributed by atoms with Gasteiger partial charge in [-0.15, -0.1) is 0 Å². The molecule has 4 aromatic rings. The van der Waals surface area contributed by atoms with Crippen molar-refractivity contribution in [1.29, 1.82) is 0 Å². The Morgan fingerprint density at radius 1 is 1.00 bits per heavy atom. The molecule has 0 bridgehead atoms. The molecule has 1 atom stereocenters. The molecule has 1 aliphatic rings. The lowest BCUT2D eigenvalue weighted by molar-refractivity contribution is -0.117. The summed E-state index contributed by atoms with van der Waals surface area (Å²) in [6.07, 6.45) is 0. The van der Waals surface area contributed by atoms with Crippen molar-refractivity contribution in [3.8, 4) is 5.75 Å². The van der Waals surface area contributed by atoms with Crippen LogP contribution in [-0.2, 0) is 4.79 Å². The molecule has 0 spiro atoms. The molecule has 1 amide bonds. The van der Waals surface area contributed by atoms with E-state index in [9.17, 15) is 14.7 Å². The lowest BCUT2D eigenvalue weighted by Crippen LogP contribution is -2.31. The standard InChI is InChI=1S/C28H24N2O5/c1-29(2)19-14-12-17(13-15-19)24-23(26(32)28(33)30(24)20-9-5-4-6-10-20)25(31)22-16-18-8-7-11-21(34-3)27(18)35-22/h4-16,24,32H,1-3H3. The van der Waals surface area contributed by atoms with E-state index in [-0.39, 0.29) is 11.3 Å². The number of rotatable bonds is 6. The number of carbonyl (C=O) groups excluding carboxylic acids is 2. The number of aliphatic hydroxyl groups excluding tert-OH is 1. The van der Waals surface area contributed by atoms with Crippen molar-refractivity contribution in [2.45, 2.75) is 6.04 Å². The smallest absolute Gasteiger partial charge is 0.294 e. The first-order valence-electron chi connectivity index (χ1n) is 11.1. The van der Waals surface area contributed by atoms with Gasteiger partial charge in [0.2, 0.25) is 5.78 Å². The number of carbonyl (C=O) groups is 2. The molecule has 1 N–H and O–H groups in total. The van der Waals surface area contributed by atoms with Crippen LogP contribution in [-0.4, -0.2) is 38.0 Å². The van der Waals surface area contributed by atoms with Crippen molar-refractivity contribution < 1.29 is 23.8 Å². The number of methoxy groups -OCH3 is 1. The predicted octanol–water partition coefficient (Wildman–Crippen LogP) is 5.29. The van der Waals surface area contributed by atoms with Gasteiger partial charge in [-0.05, 0) is 42.0 Å². The summed E-state index contributed by atoms with van der Waals surface area (Å²) in [5, 5.41) is 11.6. The van der Waals surface area contributed by atoms with Crippen LogP contribution in [0.2, 0.25) is 0 Å². The van der Waals surface area contributed by atoms with Gasteiger partial charge in [0.25, 0.3) is 5.91 Å². The largest absolute Gasteiger partial charge is 0.503 e. The molecule has 7 nitrogen and oxygen atoms in total. The van der Waals surface area contributed by atoms with Gasteiger partial charge in [0, 0.05) is 30.9 Å². The molecule has 176 valence electrons. The van der Waals surface area contributed by atoms with Crippen LogP contribution in [0.1, 0.15) is 22.2 Å². The van der Waals surface area contributed by atoms with Crippen molar-refractivity contribution in [2.24, 2.45) is 0 Å². The Kier molecular flexibility index (Phi) is 5.53. The zero-order chi connectivity index (χ0) is 24.7. The fraction of sp³-hybridized carbons (Fsp3) is 0.143. The second-order valence-electron chi connectivity index (χ2n) is 8.48. The number of hydrogen-bond donors (Lipinski definition) is 1. The van der Waals surface area contributed by atoms with E-state index in [1.54, 1.807) is 48.5 Å². The first-order chi connectivity index (χ1) is 16.9. The zero-order valence-corrected chi connectivity index (χ0v) is 19.6. The number of benzene rings is 3. The molecular weight excluding hydrogens is 444 g/mol. The fourth-order valence-electron chi connectivity index (χ4n) is 4.40. The fourth-order valence-corrected chi connectivity index (χ4v) is 4.40. The second kappa shape index (κ2) is 8.68. The lowest BCUT2D eigenvalue weighted by atomic mass is 9.94. The van der Waals surface area contributed by atoms with Gasteiger partial charge >= 0.3 is 0 Å². The summed E-state index contributed by atoms with van der Waals surface area (Å²) in [4.78, 5) is 30.5. The highest BCUT2D eigenvalue weighted by Crippen LogP contribution is 2.43. The summed E-state index contributed by atoms with van der Waals surface area (Å²) < 4.78 is 11.2. The molecule has 0 radical (unpaired) electrons. The summed E-state index contributed by atoms with van der Waals surface area (Å²) in [6, 6.07) is 22.6. The van der Waals surface area contributed by atoms with E-state index in [1.807, 2.05) is 49.3 Å². The highest BCUT2D eigenvalue weighted by atomic mass is 16.5. The number of Topliss-reactive ketones (excluding diaryl/α,β-unsaturated/α-hetero) is 1. The van der Waals surface area contributed by atoms with Gasteiger partial charge in [-0.2, -0.15) is 0 Å². The number of ketones is 1. The van der Waals surface area contributed by atoms with Crippen LogP contribution in [0.3, 0.4) is 0 Å². The normalized spacial score (nSPS) is 15.7. The van der Waals surface area contributed by atoms with Gasteiger partial charge in [-0.3, -0.25) is 14.5 Å². The summed E-state index contributed by atoms with van der Waals surface area (Å²) in [5.41, 5.74) is 2.62. The third-order valence-electron chi connectivity index (χ3n) is 6.16. The third kappa shape index (κ3) is 3.71. The average Bonchev–Trinajstić information content (AvgIpc) is 3.43. The molecule has 0 saturated carbocycles. The second-order valence-corrected chi connectivity index (χ2v) is 8.48. The minimum absolute atomic E-state index is 0.0173. The molecule has 2 heterocycles. The number of para-hydroxylation sites is 2. The number of nitrogens with zero attached hydrogens (tertiary/aromatic N) is 2. The van der Waals surface area contributed by atoms with E-state index in [0.29, 0.717) is 28.0 Å². The Morgan fingerprint density at radius 2 is 1.71 bits per heavy atom. The molecule has 0 aliphatic carbocycles. The summed E-state index contributed by atoms with van der Waals surface area (Å²) in [7, 11) is 5.38. The third-order valence-corrected chi connectivity index (χ3v) is 6.16. The minimum Gasteiger partial charge on any atom is -0.503 e. The maximum atomic E-state index is 13.8. The predicted molar refractivity (Wildman–Crippen MR) is 134 cm³/mol. The number of ether oxygens (including phenoxy) is 1. The Labute approximate surface area is 202 Å². The monoisotopic (exact) mass is 468 g/mol. The van der Waals surface area contributed by atoms with Gasteiger partial charge in [-0.25, -0.2) is 0 Å². The van der Waals surface area contributed by atoms with Gasteiger partial charge in [-0.1, -0.05) is 42.5 Å². The van der Waals surface area contributed by atoms with Crippen molar-refractivity contribution in [3.05, 3.63) is 102 Å². The van der Waals surface area contributed by atoms with Crippen LogP contribution >= 0.6 is 0 Å². The topological polar surface area (TPSA) is 83.2 Å². The highest BCUT2D eigenvalue weighted by molar-refractivity contribution is 6.20. The summed E-state index contributed by atoms with van der Waals surface area (Å²) >= 11 is 0. The van der Waals surface area contributed by atoms with Crippen LogP contribution < -0.4 is 14.5 Å². The maximum absolute atomic E-state index is 13.8. The number of amides is 1. The Bertz CT molecular complexity index is 1450. The van der Waals surface area contributed by atoms with Gasteiger partial charge in [0.1, 0.15) is 0 Å². The number of furan rings is 1. The SMILES string of the molecule is COc1cccc2cc(C(=O)C3=C(O)C(=O)N(c4ccccc4)C3c3ccc(N(C)C)cc3)oc12. The summed E-state index contributed by atoms with van der Waals surface area (Å²) in [5.74, 6) is -1.29. The Balaban J connectivity index is 1.65. The zero-order valence-electron chi connectivity index (χ0n) is 19.6. The van der Waals surface area contributed by atoms with Gasteiger partial charge in [0.05, 0.1) is 18.7 Å². The molecule has 7 heteroatoms. The lowest BCUT2D eigenvalue weighted by Gasteiger charge is -2.27. The molecule has 1 aliphatic heterocycles. The van der Waals surface area contributed by atoms with Gasteiger partial charge < -0.3 is 19.2 Å². The van der Waals surface area contributed by atoms with Crippen LogP contribution in [0.25, 0.3) is 11.0 Å². The Morgan fingerprint density at radius 3 is 2.37 bits per heavy atom. The van der Waals surface area contributed by atoms with Gasteiger partial charge in [0.15, 0.2) is 22.9 Å². The van der Waals surface area contributed by atoms with Crippen molar-refractivity contribution in [1.82, 2.24) is 0 Å². The van der Waals surface area contributed by atoms with Crippen molar-refractivity contribution in [2.75, 3.05) is 31.0 Å². The highest BCUT2D eigenvalue weighted by Gasteiger charge is 2.45. The number of fused-ring (bicyclic) bond motifs is 1. The molecule has 5 rings (SSSR count). The van der Waals surface area contributed by atoms with E-state index >= 15 is 0 Å². The molecular formula is C28H24N2O5. The first-order valence-corrected chi connectivity index (χ1v) is 11.1. The Hall–Kier alpha value is -4.52. The van der Waals surface area contributed by atoms with Crippen molar-refractivity contribution in [3.63, 3.8) is 0 Å². The quantitative estimate of drug-likeness (QED) is 0.387. The van der Waals surface area contributed by atoms with Crippen LogP contribution in [0.4, 0.5) is 11.4 Å². The molecule has 1 unspecified atom stereocenters. The van der Waals surface area contributed by atoms with Crippen LogP contribution in [0.5, 0.6) is 5.75 Å². The van der Waals surface area contributed by atoms with E-state index in [0.717, 1.165) is 5.69 Å². The molecule has 35 heavy (non-hydrogen) atoms. The van der Waals surface area contributed by atoms with E-state index < -0.39 is 23.5 Å². The molecule has 1 aromatic heterocycles. The van der Waals surface area contributed by atoms with Crippen LogP contribution in [0, 0.1) is 0 Å². The molecule has 0 fully saturated rings. The maximum Gasteiger partial charge on any atom is 0.294 e. The first kappa shape index (κ1) is 22.3. The minimum atomic E-state index is -0.830. The van der Waals surface area contributed by atoms with Crippen molar-refractivity contribution >= 4 is 34.0 Å². The summed E-state index contributed by atoms with van der Waals surface area (Å²) in [6.45, 7) is 0. The number of aliphatic hydroxyl groups is 1. The van der Waals surface area contributed by atoms with E-state index in [2.05, 4.69) is 0 Å². The number of hydrogen-bond acceptors (Lipinski definition) is 6. The molecule has 0 saturated heterocycles. The van der Waals surface area contributed by atoms with E-state index in [1.165, 1.54) is 12.0 Å². The number of anilines is 2. The molecule has 3 aromatic carbocycles. The van der Waals surface area contributed by atoms with E-state index in [4.69, 9.17) is 9.15 Å². The van der Waals surface area contributed by atoms with Crippen LogP contribution in [0.15, 0.2) is 94.6 Å². The average molecular weight is 469 g/mol.